The van der Waals surface area contributed by atoms with Crippen molar-refractivity contribution in [2.75, 3.05) is 23.3 Å². The zero-order chi connectivity index (χ0) is 21.1. The van der Waals surface area contributed by atoms with Gasteiger partial charge in [0.25, 0.3) is 15.9 Å². The molecule has 7 nitrogen and oxygen atoms in total. The molecule has 154 valence electrons. The van der Waals surface area contributed by atoms with E-state index < -0.39 is 10.0 Å². The number of nitrogens with one attached hydrogen (secondary N) is 2. The number of rotatable bonds is 5. The van der Waals surface area contributed by atoms with Crippen LogP contribution in [0, 0.1) is 0 Å². The Labute approximate surface area is 178 Å². The maximum Gasteiger partial charge on any atom is 0.262 e. The van der Waals surface area contributed by atoms with Crippen molar-refractivity contribution in [1.82, 2.24) is 0 Å². The van der Waals surface area contributed by atoms with Crippen LogP contribution in [-0.4, -0.2) is 27.5 Å². The molecule has 0 aromatic heterocycles. The first-order chi connectivity index (χ1) is 14.4. The van der Waals surface area contributed by atoms with Crippen LogP contribution < -0.4 is 19.5 Å². The summed E-state index contributed by atoms with van der Waals surface area (Å²) in [5, 5.41) is 3.29. The number of anilines is 2. The molecule has 0 unspecified atom stereocenters. The lowest BCUT2D eigenvalue weighted by Crippen LogP contribution is -2.17. The van der Waals surface area contributed by atoms with Gasteiger partial charge in [-0.3, -0.25) is 9.52 Å². The topological polar surface area (TPSA) is 93.7 Å². The molecule has 0 spiro atoms. The molecule has 3 aromatic rings. The van der Waals surface area contributed by atoms with Gasteiger partial charge >= 0.3 is 0 Å². The van der Waals surface area contributed by atoms with Crippen LogP contribution >= 0.6 is 11.6 Å². The highest BCUT2D eigenvalue weighted by molar-refractivity contribution is 7.92. The number of carbonyl (C=O) groups is 1. The van der Waals surface area contributed by atoms with Gasteiger partial charge in [-0.15, -0.1) is 0 Å². The molecule has 0 bridgehead atoms. The second kappa shape index (κ2) is 8.25. The van der Waals surface area contributed by atoms with Crippen LogP contribution in [0.15, 0.2) is 71.6 Å². The normalized spacial score (nSPS) is 12.8. The number of hydrogen-bond donors (Lipinski definition) is 2. The molecule has 0 radical (unpaired) electrons. The van der Waals surface area contributed by atoms with Crippen LogP contribution in [0.4, 0.5) is 11.4 Å². The summed E-state index contributed by atoms with van der Waals surface area (Å²) in [6, 6.07) is 17.3. The fourth-order valence-electron chi connectivity index (χ4n) is 2.87. The largest absolute Gasteiger partial charge is 0.486 e. The third-order valence-electron chi connectivity index (χ3n) is 4.30. The number of carbonyl (C=O) groups excluding carboxylic acids is 1. The van der Waals surface area contributed by atoms with E-state index in [1.54, 1.807) is 48.5 Å². The van der Waals surface area contributed by atoms with Crippen LogP contribution in [0.25, 0.3) is 0 Å². The summed E-state index contributed by atoms with van der Waals surface area (Å²) in [7, 11) is -3.88. The summed E-state index contributed by atoms with van der Waals surface area (Å²) >= 11 is 5.84. The van der Waals surface area contributed by atoms with E-state index in [0.29, 0.717) is 41.0 Å². The molecule has 9 heteroatoms. The van der Waals surface area contributed by atoms with Crippen molar-refractivity contribution in [2.24, 2.45) is 0 Å². The van der Waals surface area contributed by atoms with Crippen LogP contribution in [0.5, 0.6) is 11.5 Å². The van der Waals surface area contributed by atoms with Crippen molar-refractivity contribution in [1.29, 1.82) is 0 Å². The summed E-state index contributed by atoms with van der Waals surface area (Å²) in [5.41, 5.74) is 1.13. The van der Waals surface area contributed by atoms with E-state index in [0.717, 1.165) is 0 Å². The molecule has 1 amide bonds. The first kappa shape index (κ1) is 20.1. The van der Waals surface area contributed by atoms with Crippen LogP contribution in [0.2, 0.25) is 5.02 Å². The van der Waals surface area contributed by atoms with E-state index in [-0.39, 0.29) is 16.5 Å². The third kappa shape index (κ3) is 4.50. The smallest absolute Gasteiger partial charge is 0.262 e. The van der Waals surface area contributed by atoms with Crippen LogP contribution in [-0.2, 0) is 10.0 Å². The summed E-state index contributed by atoms with van der Waals surface area (Å²) in [5.74, 6) is 0.499. The minimum atomic E-state index is -3.88. The van der Waals surface area contributed by atoms with Gasteiger partial charge in [0.05, 0.1) is 4.90 Å². The minimum Gasteiger partial charge on any atom is -0.486 e. The maximum atomic E-state index is 12.8. The molecular weight excluding hydrogens is 428 g/mol. The van der Waals surface area contributed by atoms with Gasteiger partial charge in [-0.2, -0.15) is 0 Å². The second-order valence-electron chi connectivity index (χ2n) is 6.45. The molecule has 0 atom stereocenters. The zero-order valence-corrected chi connectivity index (χ0v) is 17.2. The SMILES string of the molecule is O=C(Nc1ccc(Cl)cc1)c1cccc(NS(=O)(=O)c2ccc3c(c2)OCCO3)c1. The first-order valence-corrected chi connectivity index (χ1v) is 10.9. The van der Waals surface area contributed by atoms with Gasteiger partial charge in [-0.25, -0.2) is 8.42 Å². The number of fused-ring (bicyclic) bond motifs is 1. The number of hydrogen-bond acceptors (Lipinski definition) is 5. The van der Waals surface area contributed by atoms with Gasteiger partial charge in [-0.1, -0.05) is 17.7 Å². The van der Waals surface area contributed by atoms with Crippen molar-refractivity contribution < 1.29 is 22.7 Å². The van der Waals surface area contributed by atoms with Gasteiger partial charge in [0, 0.05) is 28.0 Å². The number of halogens is 1. The predicted octanol–water partition coefficient (Wildman–Crippen LogP) is 4.16. The number of ether oxygens (including phenoxy) is 2. The number of amides is 1. The molecule has 0 saturated carbocycles. The lowest BCUT2D eigenvalue weighted by Gasteiger charge is -2.19. The third-order valence-corrected chi connectivity index (χ3v) is 5.93. The summed E-state index contributed by atoms with van der Waals surface area (Å²) in [6.07, 6.45) is 0. The van der Waals surface area contributed by atoms with E-state index in [2.05, 4.69) is 10.0 Å². The molecule has 0 fully saturated rings. The lowest BCUT2D eigenvalue weighted by atomic mass is 10.2. The fraction of sp³-hybridized carbons (Fsp3) is 0.0952. The molecule has 2 N–H and O–H groups in total. The van der Waals surface area contributed by atoms with E-state index in [1.165, 1.54) is 18.2 Å². The molecule has 4 rings (SSSR count). The Morgan fingerprint density at radius 1 is 0.867 bits per heavy atom. The van der Waals surface area contributed by atoms with Crippen molar-refractivity contribution in [3.05, 3.63) is 77.3 Å². The molecule has 3 aromatic carbocycles. The Morgan fingerprint density at radius 3 is 2.37 bits per heavy atom. The first-order valence-electron chi connectivity index (χ1n) is 9.00. The maximum absolute atomic E-state index is 12.8. The molecule has 1 aliphatic heterocycles. The van der Waals surface area contributed by atoms with Gasteiger partial charge in [0.2, 0.25) is 0 Å². The Balaban J connectivity index is 1.52. The fourth-order valence-corrected chi connectivity index (χ4v) is 4.06. The standard InChI is InChI=1S/C21H17ClN2O5S/c22-15-4-6-16(7-5-15)23-21(25)14-2-1-3-17(12-14)24-30(26,27)18-8-9-19-20(13-18)29-11-10-28-19/h1-9,12-13,24H,10-11H2,(H,23,25). The van der Waals surface area contributed by atoms with E-state index in [1.807, 2.05) is 0 Å². The molecule has 1 heterocycles. The van der Waals surface area contributed by atoms with Crippen molar-refractivity contribution >= 4 is 38.9 Å². The average molecular weight is 445 g/mol. The Morgan fingerprint density at radius 2 is 1.60 bits per heavy atom. The highest BCUT2D eigenvalue weighted by Gasteiger charge is 2.20. The minimum absolute atomic E-state index is 0.0303. The number of sulfonamides is 1. The predicted molar refractivity (Wildman–Crippen MR) is 114 cm³/mol. The highest BCUT2D eigenvalue weighted by atomic mass is 35.5. The molecule has 0 aliphatic carbocycles. The van der Waals surface area contributed by atoms with E-state index in [9.17, 15) is 13.2 Å². The van der Waals surface area contributed by atoms with Crippen molar-refractivity contribution in [3.63, 3.8) is 0 Å². The highest BCUT2D eigenvalue weighted by Crippen LogP contribution is 2.32. The summed E-state index contributed by atoms with van der Waals surface area (Å²) in [6.45, 7) is 0.775. The Bertz CT molecular complexity index is 1200. The number of benzene rings is 3. The summed E-state index contributed by atoms with van der Waals surface area (Å²) in [4.78, 5) is 12.5. The average Bonchev–Trinajstić information content (AvgIpc) is 2.75. The molecule has 0 saturated heterocycles. The Kier molecular flexibility index (Phi) is 5.52. The van der Waals surface area contributed by atoms with Gasteiger partial charge < -0.3 is 14.8 Å². The monoisotopic (exact) mass is 444 g/mol. The molecule has 30 heavy (non-hydrogen) atoms. The Hall–Kier alpha value is -3.23. The lowest BCUT2D eigenvalue weighted by molar-refractivity contribution is 0.102. The van der Waals surface area contributed by atoms with Gasteiger partial charge in [0.15, 0.2) is 11.5 Å². The quantitative estimate of drug-likeness (QED) is 0.616. The van der Waals surface area contributed by atoms with Gasteiger partial charge in [0.1, 0.15) is 13.2 Å². The van der Waals surface area contributed by atoms with Crippen molar-refractivity contribution in [3.8, 4) is 11.5 Å². The van der Waals surface area contributed by atoms with Gasteiger partial charge in [-0.05, 0) is 54.6 Å². The molecule has 1 aliphatic rings. The van der Waals surface area contributed by atoms with Crippen molar-refractivity contribution in [2.45, 2.75) is 4.90 Å². The van der Waals surface area contributed by atoms with E-state index in [4.69, 9.17) is 21.1 Å². The van der Waals surface area contributed by atoms with Crippen LogP contribution in [0.3, 0.4) is 0 Å². The molecular formula is C21H17ClN2O5S. The summed E-state index contributed by atoms with van der Waals surface area (Å²) < 4.78 is 38.9. The second-order valence-corrected chi connectivity index (χ2v) is 8.57. The van der Waals surface area contributed by atoms with E-state index >= 15 is 0 Å². The van der Waals surface area contributed by atoms with Crippen LogP contribution in [0.1, 0.15) is 10.4 Å². The zero-order valence-electron chi connectivity index (χ0n) is 15.6.